The standard InChI is InChI=1S/C23H24N4O5S/c1-15(2)25-33(30,31)17-9-7-8-16(12-17)23(29)32-14-21(28)18(13-24)22-26(3)19-10-5-6-11-20(19)27(22)4/h5-12,15,25H,14H2,1-4H3. The van der Waals surface area contributed by atoms with Crippen molar-refractivity contribution in [1.82, 2.24) is 4.72 Å². The van der Waals surface area contributed by atoms with Gasteiger partial charge in [-0.1, -0.05) is 18.2 Å². The molecule has 0 spiro atoms. The zero-order chi connectivity index (χ0) is 24.3. The third kappa shape index (κ3) is 4.89. The van der Waals surface area contributed by atoms with Crippen LogP contribution in [0, 0.1) is 11.3 Å². The van der Waals surface area contributed by atoms with Crippen molar-refractivity contribution in [2.45, 2.75) is 24.8 Å². The molecule has 9 nitrogen and oxygen atoms in total. The van der Waals surface area contributed by atoms with Gasteiger partial charge in [-0.3, -0.25) is 4.79 Å². The van der Waals surface area contributed by atoms with Gasteiger partial charge in [0.25, 0.3) is 0 Å². The first-order chi connectivity index (χ1) is 15.6. The molecular formula is C23H24N4O5S. The van der Waals surface area contributed by atoms with E-state index < -0.39 is 28.4 Å². The maximum atomic E-state index is 12.8. The summed E-state index contributed by atoms with van der Waals surface area (Å²) in [5.41, 5.74) is 1.49. The van der Waals surface area contributed by atoms with E-state index in [0.717, 1.165) is 11.4 Å². The molecule has 1 N–H and O–H groups in total. The zero-order valence-electron chi connectivity index (χ0n) is 18.7. The van der Waals surface area contributed by atoms with Crippen LogP contribution in [0.5, 0.6) is 0 Å². The molecule has 0 fully saturated rings. The van der Waals surface area contributed by atoms with E-state index >= 15 is 0 Å². The second-order valence-corrected chi connectivity index (χ2v) is 9.43. The molecule has 0 aliphatic carbocycles. The number of carbonyl (C=O) groups is 2. The monoisotopic (exact) mass is 468 g/mol. The summed E-state index contributed by atoms with van der Waals surface area (Å²) in [6.45, 7) is 2.70. The SMILES string of the molecule is CC(C)NS(=O)(=O)c1cccc(C(=O)OCC(=O)C(C#N)=C2N(C)c3ccccc3N2C)c1. The van der Waals surface area contributed by atoms with Crippen molar-refractivity contribution in [2.24, 2.45) is 0 Å². The number of esters is 1. The lowest BCUT2D eigenvalue weighted by Gasteiger charge is -2.19. The summed E-state index contributed by atoms with van der Waals surface area (Å²) in [6, 6.07) is 14.4. The summed E-state index contributed by atoms with van der Waals surface area (Å²) in [7, 11) is -0.317. The number of anilines is 2. The highest BCUT2D eigenvalue weighted by molar-refractivity contribution is 7.89. The average Bonchev–Trinajstić information content (AvgIpc) is 3.03. The van der Waals surface area contributed by atoms with Crippen molar-refractivity contribution in [2.75, 3.05) is 30.5 Å². The Morgan fingerprint density at radius 3 is 2.21 bits per heavy atom. The minimum atomic E-state index is -3.80. The fourth-order valence-corrected chi connectivity index (χ4v) is 4.81. The summed E-state index contributed by atoms with van der Waals surface area (Å²) < 4.78 is 32.2. The smallest absolute Gasteiger partial charge is 0.338 e. The molecule has 3 rings (SSSR count). The number of fused-ring (bicyclic) bond motifs is 1. The molecule has 0 aromatic heterocycles. The van der Waals surface area contributed by atoms with Crippen LogP contribution in [0.25, 0.3) is 0 Å². The quantitative estimate of drug-likeness (QED) is 0.374. The molecular weight excluding hydrogens is 444 g/mol. The third-order valence-electron chi connectivity index (χ3n) is 4.96. The summed E-state index contributed by atoms with van der Waals surface area (Å²) >= 11 is 0. The lowest BCUT2D eigenvalue weighted by atomic mass is 10.2. The van der Waals surface area contributed by atoms with Crippen molar-refractivity contribution in [3.05, 3.63) is 65.5 Å². The summed E-state index contributed by atoms with van der Waals surface area (Å²) in [5, 5.41) is 9.66. The molecule has 0 radical (unpaired) electrons. The van der Waals surface area contributed by atoms with E-state index in [2.05, 4.69) is 4.72 Å². The molecule has 33 heavy (non-hydrogen) atoms. The van der Waals surface area contributed by atoms with Gasteiger partial charge in [-0.05, 0) is 44.2 Å². The van der Waals surface area contributed by atoms with Gasteiger partial charge in [0.2, 0.25) is 15.8 Å². The van der Waals surface area contributed by atoms with Crippen molar-refractivity contribution < 1.29 is 22.7 Å². The molecule has 0 unspecified atom stereocenters. The number of hydrogen-bond acceptors (Lipinski definition) is 8. The molecule has 1 aliphatic heterocycles. The summed E-state index contributed by atoms with van der Waals surface area (Å²) in [5.74, 6) is -1.16. The molecule has 10 heteroatoms. The average molecular weight is 469 g/mol. The normalized spacial score (nSPS) is 13.0. The maximum absolute atomic E-state index is 12.8. The van der Waals surface area contributed by atoms with Crippen LogP contribution < -0.4 is 14.5 Å². The van der Waals surface area contributed by atoms with E-state index in [1.807, 2.05) is 30.3 Å². The van der Waals surface area contributed by atoms with Gasteiger partial charge in [-0.15, -0.1) is 0 Å². The largest absolute Gasteiger partial charge is 0.454 e. The molecule has 2 aromatic rings. The van der Waals surface area contributed by atoms with E-state index in [1.54, 1.807) is 37.7 Å². The number of benzene rings is 2. The number of Topliss-reactive ketones (excluding diaryl/α,β-unsaturated/α-hetero) is 1. The van der Waals surface area contributed by atoms with Gasteiger partial charge in [0.15, 0.2) is 6.61 Å². The molecule has 0 atom stereocenters. The Morgan fingerprint density at radius 2 is 1.67 bits per heavy atom. The van der Waals surface area contributed by atoms with E-state index in [0.29, 0.717) is 5.82 Å². The van der Waals surface area contributed by atoms with E-state index in [1.165, 1.54) is 24.3 Å². The first kappa shape index (κ1) is 24.0. The molecule has 1 aliphatic rings. The van der Waals surface area contributed by atoms with Gasteiger partial charge in [0, 0.05) is 20.1 Å². The summed E-state index contributed by atoms with van der Waals surface area (Å²) in [6.07, 6.45) is 0. The third-order valence-corrected chi connectivity index (χ3v) is 6.62. The Kier molecular flexibility index (Phi) is 6.86. The fraction of sp³-hybridized carbons (Fsp3) is 0.261. The topological polar surface area (TPSA) is 120 Å². The van der Waals surface area contributed by atoms with Crippen LogP contribution in [-0.4, -0.2) is 46.9 Å². The predicted molar refractivity (Wildman–Crippen MR) is 123 cm³/mol. The number of nitriles is 1. The minimum Gasteiger partial charge on any atom is -0.454 e. The van der Waals surface area contributed by atoms with Crippen molar-refractivity contribution >= 4 is 33.2 Å². The van der Waals surface area contributed by atoms with E-state index in [4.69, 9.17) is 4.74 Å². The molecule has 0 amide bonds. The highest BCUT2D eigenvalue weighted by Gasteiger charge is 2.31. The second-order valence-electron chi connectivity index (χ2n) is 7.72. The molecule has 1 heterocycles. The van der Waals surface area contributed by atoms with Gasteiger partial charge < -0.3 is 14.5 Å². The van der Waals surface area contributed by atoms with Gasteiger partial charge in [-0.25, -0.2) is 17.9 Å². The maximum Gasteiger partial charge on any atom is 0.338 e. The zero-order valence-corrected chi connectivity index (χ0v) is 19.5. The number of ether oxygens (including phenoxy) is 1. The van der Waals surface area contributed by atoms with Crippen molar-refractivity contribution in [1.29, 1.82) is 5.26 Å². The number of hydrogen-bond donors (Lipinski definition) is 1. The Morgan fingerprint density at radius 1 is 1.06 bits per heavy atom. The fourth-order valence-electron chi connectivity index (χ4n) is 3.51. The minimum absolute atomic E-state index is 0.0249. The van der Waals surface area contributed by atoms with Crippen molar-refractivity contribution in [3.8, 4) is 6.07 Å². The number of nitrogens with one attached hydrogen (secondary N) is 1. The number of sulfonamides is 1. The van der Waals surface area contributed by atoms with Crippen LogP contribution in [0.3, 0.4) is 0 Å². The lowest BCUT2D eigenvalue weighted by molar-refractivity contribution is -0.118. The number of para-hydroxylation sites is 2. The van der Waals surface area contributed by atoms with Crippen LogP contribution in [0.15, 0.2) is 64.8 Å². The van der Waals surface area contributed by atoms with E-state index in [9.17, 15) is 23.3 Å². The lowest BCUT2D eigenvalue weighted by Crippen LogP contribution is -2.30. The number of rotatable bonds is 7. The molecule has 0 saturated heterocycles. The first-order valence-corrected chi connectivity index (χ1v) is 11.6. The predicted octanol–water partition coefficient (Wildman–Crippen LogP) is 2.42. The van der Waals surface area contributed by atoms with Crippen LogP contribution in [-0.2, 0) is 19.6 Å². The van der Waals surface area contributed by atoms with Gasteiger partial charge >= 0.3 is 5.97 Å². The Balaban J connectivity index is 1.77. The van der Waals surface area contributed by atoms with E-state index in [-0.39, 0.29) is 22.1 Å². The van der Waals surface area contributed by atoms with Crippen LogP contribution in [0.4, 0.5) is 11.4 Å². The van der Waals surface area contributed by atoms with Gasteiger partial charge in [0.05, 0.1) is 21.8 Å². The molecule has 0 bridgehead atoms. The highest BCUT2D eigenvalue weighted by Crippen LogP contribution is 2.40. The highest BCUT2D eigenvalue weighted by atomic mass is 32.2. The summed E-state index contributed by atoms with van der Waals surface area (Å²) in [4.78, 5) is 28.6. The number of nitrogens with zero attached hydrogens (tertiary/aromatic N) is 3. The Hall–Kier alpha value is -3.68. The molecule has 0 saturated carbocycles. The number of ketones is 1. The van der Waals surface area contributed by atoms with Crippen LogP contribution in [0.1, 0.15) is 24.2 Å². The van der Waals surface area contributed by atoms with Crippen LogP contribution >= 0.6 is 0 Å². The van der Waals surface area contributed by atoms with Gasteiger partial charge in [0.1, 0.15) is 17.5 Å². The Bertz CT molecular complexity index is 1250. The molecule has 172 valence electrons. The Labute approximate surface area is 192 Å². The molecule has 2 aromatic carbocycles. The first-order valence-electron chi connectivity index (χ1n) is 10.1. The second kappa shape index (κ2) is 9.44. The van der Waals surface area contributed by atoms with Gasteiger partial charge in [-0.2, -0.15) is 5.26 Å². The number of carbonyl (C=O) groups excluding carboxylic acids is 2. The van der Waals surface area contributed by atoms with Crippen LogP contribution in [0.2, 0.25) is 0 Å². The van der Waals surface area contributed by atoms with Crippen molar-refractivity contribution in [3.63, 3.8) is 0 Å².